The first kappa shape index (κ1) is 15.2. The van der Waals surface area contributed by atoms with Crippen LogP contribution in [0.4, 0.5) is 4.39 Å². The van der Waals surface area contributed by atoms with Gasteiger partial charge in [-0.3, -0.25) is 4.90 Å². The Kier molecular flexibility index (Phi) is 4.00. The van der Waals surface area contributed by atoms with Gasteiger partial charge in [-0.15, -0.1) is 10.2 Å². The normalized spacial score (nSPS) is 19.7. The molecule has 4 nitrogen and oxygen atoms in total. The Hall–Kier alpha value is -1.75. The lowest BCUT2D eigenvalue weighted by atomic mass is 9.97. The maximum atomic E-state index is 13.1. The van der Waals surface area contributed by atoms with E-state index in [1.807, 2.05) is 12.1 Å². The minimum absolute atomic E-state index is 0.132. The standard InChI is InChI=1S/C17H22FN3O/c1-17(2,3)16-20-19-15(22-16)11-21-10-4-5-14(21)12-6-8-13(18)9-7-12/h6-9,14H,4-5,10-11H2,1-3H3. The second kappa shape index (κ2) is 5.80. The summed E-state index contributed by atoms with van der Waals surface area (Å²) < 4.78 is 18.9. The second-order valence-electron chi connectivity index (χ2n) is 6.93. The van der Waals surface area contributed by atoms with Gasteiger partial charge in [-0.1, -0.05) is 32.9 Å². The number of likely N-dealkylation sites (tertiary alicyclic amines) is 1. The maximum absolute atomic E-state index is 13.1. The molecular formula is C17H22FN3O. The van der Waals surface area contributed by atoms with Gasteiger partial charge in [0, 0.05) is 11.5 Å². The van der Waals surface area contributed by atoms with E-state index in [9.17, 15) is 4.39 Å². The van der Waals surface area contributed by atoms with Crippen molar-refractivity contribution in [2.24, 2.45) is 0 Å². The Balaban J connectivity index is 1.74. The topological polar surface area (TPSA) is 42.2 Å². The number of hydrogen-bond donors (Lipinski definition) is 0. The Morgan fingerprint density at radius 2 is 1.95 bits per heavy atom. The first-order valence-corrected chi connectivity index (χ1v) is 7.76. The second-order valence-corrected chi connectivity index (χ2v) is 6.93. The van der Waals surface area contributed by atoms with Crippen LogP contribution in [0.1, 0.15) is 57.0 Å². The Bertz CT molecular complexity index is 630. The Morgan fingerprint density at radius 3 is 2.59 bits per heavy atom. The Labute approximate surface area is 130 Å². The first-order valence-electron chi connectivity index (χ1n) is 7.76. The van der Waals surface area contributed by atoms with Gasteiger partial charge in [-0.2, -0.15) is 0 Å². The summed E-state index contributed by atoms with van der Waals surface area (Å²) >= 11 is 0. The number of hydrogen-bond acceptors (Lipinski definition) is 4. The van der Waals surface area contributed by atoms with Crippen LogP contribution in [-0.4, -0.2) is 21.6 Å². The summed E-state index contributed by atoms with van der Waals surface area (Å²) in [6.07, 6.45) is 2.20. The van der Waals surface area contributed by atoms with Crippen molar-refractivity contribution in [2.45, 2.75) is 51.6 Å². The van der Waals surface area contributed by atoms with Gasteiger partial charge < -0.3 is 4.42 Å². The van der Waals surface area contributed by atoms with Crippen LogP contribution in [0.5, 0.6) is 0 Å². The average molecular weight is 303 g/mol. The zero-order valence-electron chi connectivity index (χ0n) is 13.3. The number of nitrogens with zero attached hydrogens (tertiary/aromatic N) is 3. The molecule has 0 radical (unpaired) electrons. The van der Waals surface area contributed by atoms with Gasteiger partial charge in [-0.25, -0.2) is 4.39 Å². The van der Waals surface area contributed by atoms with Crippen molar-refractivity contribution in [3.63, 3.8) is 0 Å². The molecule has 1 saturated heterocycles. The van der Waals surface area contributed by atoms with Crippen molar-refractivity contribution in [1.82, 2.24) is 15.1 Å². The van der Waals surface area contributed by atoms with Crippen LogP contribution in [0.3, 0.4) is 0 Å². The van der Waals surface area contributed by atoms with E-state index < -0.39 is 0 Å². The maximum Gasteiger partial charge on any atom is 0.230 e. The van der Waals surface area contributed by atoms with E-state index in [0.29, 0.717) is 24.4 Å². The smallest absolute Gasteiger partial charge is 0.230 e. The molecule has 118 valence electrons. The van der Waals surface area contributed by atoms with Crippen LogP contribution in [-0.2, 0) is 12.0 Å². The van der Waals surface area contributed by atoms with Crippen molar-refractivity contribution in [3.05, 3.63) is 47.4 Å². The molecule has 1 aliphatic rings. The molecule has 1 fully saturated rings. The third kappa shape index (κ3) is 3.19. The van der Waals surface area contributed by atoms with Crippen LogP contribution in [0.25, 0.3) is 0 Å². The van der Waals surface area contributed by atoms with Crippen molar-refractivity contribution < 1.29 is 8.81 Å². The lowest BCUT2D eigenvalue weighted by molar-refractivity contribution is 0.218. The molecule has 1 aromatic carbocycles. The van der Waals surface area contributed by atoms with Gasteiger partial charge in [0.05, 0.1) is 6.54 Å². The molecule has 2 heterocycles. The van der Waals surface area contributed by atoms with E-state index in [4.69, 9.17) is 4.42 Å². The lowest BCUT2D eigenvalue weighted by Crippen LogP contribution is -2.23. The third-order valence-electron chi connectivity index (χ3n) is 4.07. The molecule has 2 aromatic rings. The molecular weight excluding hydrogens is 281 g/mol. The highest BCUT2D eigenvalue weighted by Crippen LogP contribution is 2.33. The van der Waals surface area contributed by atoms with E-state index in [2.05, 4.69) is 35.9 Å². The van der Waals surface area contributed by atoms with Crippen LogP contribution in [0.2, 0.25) is 0 Å². The monoisotopic (exact) mass is 303 g/mol. The van der Waals surface area contributed by atoms with Gasteiger partial charge in [0.25, 0.3) is 0 Å². The molecule has 1 atom stereocenters. The number of aromatic nitrogens is 2. The zero-order valence-corrected chi connectivity index (χ0v) is 13.3. The molecule has 5 heteroatoms. The fraction of sp³-hybridized carbons (Fsp3) is 0.529. The van der Waals surface area contributed by atoms with E-state index in [0.717, 1.165) is 24.9 Å². The van der Waals surface area contributed by atoms with Crippen LogP contribution in [0.15, 0.2) is 28.7 Å². The molecule has 0 aliphatic carbocycles. The molecule has 0 amide bonds. The summed E-state index contributed by atoms with van der Waals surface area (Å²) in [5.41, 5.74) is 1.02. The average Bonchev–Trinajstić information content (AvgIpc) is 3.09. The summed E-state index contributed by atoms with van der Waals surface area (Å²) in [5, 5.41) is 8.32. The van der Waals surface area contributed by atoms with E-state index >= 15 is 0 Å². The highest BCUT2D eigenvalue weighted by Gasteiger charge is 2.28. The predicted octanol–water partition coefficient (Wildman–Crippen LogP) is 3.84. The predicted molar refractivity (Wildman–Crippen MR) is 81.8 cm³/mol. The fourth-order valence-corrected chi connectivity index (χ4v) is 2.87. The summed E-state index contributed by atoms with van der Waals surface area (Å²) in [6.45, 7) is 7.81. The van der Waals surface area contributed by atoms with E-state index in [-0.39, 0.29) is 11.2 Å². The van der Waals surface area contributed by atoms with Crippen molar-refractivity contribution >= 4 is 0 Å². The Morgan fingerprint density at radius 1 is 1.23 bits per heavy atom. The molecule has 3 rings (SSSR count). The minimum atomic E-state index is -0.194. The zero-order chi connectivity index (χ0) is 15.7. The van der Waals surface area contributed by atoms with Crippen molar-refractivity contribution in [3.8, 4) is 0 Å². The quantitative estimate of drug-likeness (QED) is 0.864. The lowest BCUT2D eigenvalue weighted by Gasteiger charge is -2.23. The molecule has 1 unspecified atom stereocenters. The van der Waals surface area contributed by atoms with Crippen molar-refractivity contribution in [1.29, 1.82) is 0 Å². The number of benzene rings is 1. The van der Waals surface area contributed by atoms with Gasteiger partial charge in [-0.05, 0) is 37.1 Å². The third-order valence-corrected chi connectivity index (χ3v) is 4.07. The summed E-state index contributed by atoms with van der Waals surface area (Å²) in [5.74, 6) is 1.12. The summed E-state index contributed by atoms with van der Waals surface area (Å²) in [7, 11) is 0. The SMILES string of the molecule is CC(C)(C)c1nnc(CN2CCCC2c2ccc(F)cc2)o1. The summed E-state index contributed by atoms with van der Waals surface area (Å²) in [6, 6.07) is 7.08. The molecule has 22 heavy (non-hydrogen) atoms. The molecule has 0 N–H and O–H groups in total. The van der Waals surface area contributed by atoms with Crippen LogP contribution < -0.4 is 0 Å². The molecule has 0 saturated carbocycles. The largest absolute Gasteiger partial charge is 0.423 e. The van der Waals surface area contributed by atoms with Crippen molar-refractivity contribution in [2.75, 3.05) is 6.54 Å². The van der Waals surface area contributed by atoms with E-state index in [1.165, 1.54) is 12.1 Å². The van der Waals surface area contributed by atoms with E-state index in [1.54, 1.807) is 0 Å². The van der Waals surface area contributed by atoms with Gasteiger partial charge in [0.15, 0.2) is 0 Å². The minimum Gasteiger partial charge on any atom is -0.423 e. The van der Waals surface area contributed by atoms with Crippen LogP contribution in [0, 0.1) is 5.82 Å². The molecule has 1 aliphatic heterocycles. The fourth-order valence-electron chi connectivity index (χ4n) is 2.87. The highest BCUT2D eigenvalue weighted by molar-refractivity contribution is 5.21. The summed E-state index contributed by atoms with van der Waals surface area (Å²) in [4.78, 5) is 2.33. The van der Waals surface area contributed by atoms with Gasteiger partial charge in [0.1, 0.15) is 5.82 Å². The number of rotatable bonds is 3. The first-order chi connectivity index (χ1) is 10.4. The molecule has 1 aromatic heterocycles. The van der Waals surface area contributed by atoms with Gasteiger partial charge in [0.2, 0.25) is 11.8 Å². The number of halogens is 1. The van der Waals surface area contributed by atoms with Gasteiger partial charge >= 0.3 is 0 Å². The van der Waals surface area contributed by atoms with Crippen LogP contribution >= 0.6 is 0 Å². The molecule has 0 spiro atoms. The highest BCUT2D eigenvalue weighted by atomic mass is 19.1. The molecule has 0 bridgehead atoms.